The van der Waals surface area contributed by atoms with Crippen LogP contribution in [0.15, 0.2) is 41.3 Å². The summed E-state index contributed by atoms with van der Waals surface area (Å²) in [5.74, 6) is -2.84. The Morgan fingerprint density at radius 3 is 2.42 bits per heavy atom. The Balaban J connectivity index is 1.70. The number of aromatic hydroxyl groups is 2. The molecule has 1 amide bonds. The minimum atomic E-state index is -3.85. The summed E-state index contributed by atoms with van der Waals surface area (Å²) in [4.78, 5) is 24.6. The van der Waals surface area contributed by atoms with Gasteiger partial charge in [0, 0.05) is 13.1 Å². The number of hydrogen-bond donors (Lipinski definition) is 3. The summed E-state index contributed by atoms with van der Waals surface area (Å²) in [6.07, 6.45) is 4.63. The van der Waals surface area contributed by atoms with Crippen LogP contribution in [-0.2, 0) is 19.6 Å². The largest absolute Gasteiger partial charge is 0.504 e. The number of nitrogens with zero attached hydrogens (tertiary/aromatic N) is 1. The molecule has 1 fully saturated rings. The van der Waals surface area contributed by atoms with E-state index >= 15 is 0 Å². The monoisotopic (exact) mass is 476 g/mol. The smallest absolute Gasteiger partial charge is 0.342 e. The molecule has 0 atom stereocenters. The lowest BCUT2D eigenvalue weighted by molar-refractivity contribution is -0.119. The number of hydrogen-bond acceptors (Lipinski definition) is 7. The fourth-order valence-electron chi connectivity index (χ4n) is 3.83. The normalized spacial score (nSPS) is 14.8. The third-order valence-corrected chi connectivity index (χ3v) is 7.78. The van der Waals surface area contributed by atoms with Crippen LogP contribution in [-0.4, -0.2) is 54.5 Å². The SMILES string of the molecule is Cc1ccc(C(=O)OCC(=O)Nc2ccccc2S(=O)(=O)N(C)C2CCCCC2)c(O)c1O. The van der Waals surface area contributed by atoms with Crippen LogP contribution >= 0.6 is 0 Å². The van der Waals surface area contributed by atoms with Crippen LogP contribution in [0.5, 0.6) is 11.5 Å². The second-order valence-electron chi connectivity index (χ2n) is 8.06. The van der Waals surface area contributed by atoms with Crippen LogP contribution < -0.4 is 5.32 Å². The van der Waals surface area contributed by atoms with E-state index in [-0.39, 0.29) is 22.2 Å². The molecule has 10 heteroatoms. The standard InChI is InChI=1S/C23H28N2O7S/c1-15-12-13-17(22(28)21(15)27)23(29)32-14-20(26)24-18-10-6-7-11-19(18)33(30,31)25(2)16-8-4-3-5-9-16/h6-7,10-13,16,27-28H,3-5,8-9,14H2,1-2H3,(H,24,26). The zero-order chi connectivity index (χ0) is 24.2. The number of esters is 1. The van der Waals surface area contributed by atoms with Gasteiger partial charge in [0.05, 0.1) is 5.69 Å². The number of carbonyl (C=O) groups is 2. The number of benzene rings is 2. The Hall–Kier alpha value is -3.11. The Labute approximate surface area is 193 Å². The van der Waals surface area contributed by atoms with Crippen molar-refractivity contribution in [2.45, 2.75) is 50.0 Å². The van der Waals surface area contributed by atoms with Crippen molar-refractivity contribution in [2.75, 3.05) is 19.0 Å². The molecule has 0 bridgehead atoms. The van der Waals surface area contributed by atoms with Gasteiger partial charge in [-0.2, -0.15) is 4.31 Å². The van der Waals surface area contributed by atoms with Crippen molar-refractivity contribution in [1.82, 2.24) is 4.31 Å². The number of anilines is 1. The van der Waals surface area contributed by atoms with E-state index in [9.17, 15) is 28.2 Å². The zero-order valence-electron chi connectivity index (χ0n) is 18.6. The Kier molecular flexibility index (Phi) is 7.60. The lowest BCUT2D eigenvalue weighted by atomic mass is 9.96. The summed E-state index contributed by atoms with van der Waals surface area (Å²) in [5.41, 5.74) is 0.165. The summed E-state index contributed by atoms with van der Waals surface area (Å²) in [7, 11) is -2.30. The van der Waals surface area contributed by atoms with Gasteiger partial charge in [-0.3, -0.25) is 4.79 Å². The maximum absolute atomic E-state index is 13.2. The summed E-state index contributed by atoms with van der Waals surface area (Å²) in [6, 6.07) is 8.66. The molecule has 3 N–H and O–H groups in total. The number of aryl methyl sites for hydroxylation is 1. The molecule has 0 aromatic heterocycles. The number of para-hydroxylation sites is 1. The molecule has 0 aliphatic heterocycles. The zero-order valence-corrected chi connectivity index (χ0v) is 19.4. The highest BCUT2D eigenvalue weighted by Crippen LogP contribution is 2.33. The quantitative estimate of drug-likeness (QED) is 0.413. The number of ether oxygens (including phenoxy) is 1. The van der Waals surface area contributed by atoms with Gasteiger partial charge in [0.2, 0.25) is 10.0 Å². The average molecular weight is 477 g/mol. The number of phenols is 2. The highest BCUT2D eigenvalue weighted by atomic mass is 32.2. The van der Waals surface area contributed by atoms with Crippen molar-refractivity contribution in [1.29, 1.82) is 0 Å². The van der Waals surface area contributed by atoms with Crippen LogP contribution in [0.25, 0.3) is 0 Å². The second-order valence-corrected chi connectivity index (χ2v) is 10.0. The number of amides is 1. The third kappa shape index (κ3) is 5.45. The predicted molar refractivity (Wildman–Crippen MR) is 122 cm³/mol. The van der Waals surface area contributed by atoms with E-state index in [4.69, 9.17) is 4.74 Å². The van der Waals surface area contributed by atoms with Crippen molar-refractivity contribution in [2.24, 2.45) is 0 Å². The topological polar surface area (TPSA) is 133 Å². The van der Waals surface area contributed by atoms with Gasteiger partial charge in [0.25, 0.3) is 5.91 Å². The molecule has 0 radical (unpaired) electrons. The fraction of sp³-hybridized carbons (Fsp3) is 0.391. The molecular formula is C23H28N2O7S. The summed E-state index contributed by atoms with van der Waals surface area (Å²) < 4.78 is 32.7. The molecule has 0 saturated heterocycles. The molecule has 0 spiro atoms. The maximum Gasteiger partial charge on any atom is 0.342 e. The van der Waals surface area contributed by atoms with E-state index in [2.05, 4.69) is 5.32 Å². The van der Waals surface area contributed by atoms with Crippen molar-refractivity contribution >= 4 is 27.6 Å². The molecule has 0 heterocycles. The van der Waals surface area contributed by atoms with Gasteiger partial charge >= 0.3 is 5.97 Å². The lowest BCUT2D eigenvalue weighted by Gasteiger charge is -2.30. The molecule has 33 heavy (non-hydrogen) atoms. The van der Waals surface area contributed by atoms with E-state index in [0.29, 0.717) is 5.56 Å². The molecule has 1 aliphatic rings. The summed E-state index contributed by atoms with van der Waals surface area (Å²) >= 11 is 0. The van der Waals surface area contributed by atoms with Gasteiger partial charge in [0.1, 0.15) is 10.5 Å². The van der Waals surface area contributed by atoms with Gasteiger partial charge < -0.3 is 20.3 Å². The highest BCUT2D eigenvalue weighted by Gasteiger charge is 2.31. The molecule has 178 valence electrons. The van der Waals surface area contributed by atoms with Crippen molar-refractivity contribution in [3.63, 3.8) is 0 Å². The Morgan fingerprint density at radius 2 is 1.73 bits per heavy atom. The highest BCUT2D eigenvalue weighted by molar-refractivity contribution is 7.89. The van der Waals surface area contributed by atoms with Crippen LogP contribution in [0, 0.1) is 6.92 Å². The van der Waals surface area contributed by atoms with Crippen LogP contribution in [0.3, 0.4) is 0 Å². The van der Waals surface area contributed by atoms with Crippen molar-refractivity contribution < 1.29 is 33.0 Å². The van der Waals surface area contributed by atoms with Gasteiger partial charge in [-0.15, -0.1) is 0 Å². The van der Waals surface area contributed by atoms with E-state index in [1.54, 1.807) is 26.1 Å². The molecule has 2 aromatic rings. The van der Waals surface area contributed by atoms with E-state index in [0.717, 1.165) is 32.1 Å². The number of sulfonamides is 1. The molecule has 9 nitrogen and oxygen atoms in total. The van der Waals surface area contributed by atoms with Gasteiger partial charge in [-0.1, -0.05) is 37.5 Å². The predicted octanol–water partition coefficient (Wildman–Crippen LogP) is 3.15. The van der Waals surface area contributed by atoms with Crippen molar-refractivity contribution in [3.05, 3.63) is 47.5 Å². The first-order valence-corrected chi connectivity index (χ1v) is 12.1. The number of carbonyl (C=O) groups excluding carboxylic acids is 2. The Bertz CT molecular complexity index is 1140. The maximum atomic E-state index is 13.2. The summed E-state index contributed by atoms with van der Waals surface area (Å²) in [5, 5.41) is 22.2. The molecule has 1 saturated carbocycles. The van der Waals surface area contributed by atoms with E-state index < -0.39 is 40.0 Å². The third-order valence-electron chi connectivity index (χ3n) is 5.81. The van der Waals surface area contributed by atoms with Crippen LogP contribution in [0.4, 0.5) is 5.69 Å². The average Bonchev–Trinajstić information content (AvgIpc) is 2.81. The van der Waals surface area contributed by atoms with E-state index in [1.165, 1.54) is 28.6 Å². The van der Waals surface area contributed by atoms with Gasteiger partial charge in [0.15, 0.2) is 18.1 Å². The fourth-order valence-corrected chi connectivity index (χ4v) is 5.39. The first-order chi connectivity index (χ1) is 15.6. The Morgan fingerprint density at radius 1 is 1.06 bits per heavy atom. The first-order valence-electron chi connectivity index (χ1n) is 10.7. The minimum absolute atomic E-state index is 0.0427. The van der Waals surface area contributed by atoms with Crippen LogP contribution in [0.2, 0.25) is 0 Å². The summed E-state index contributed by atoms with van der Waals surface area (Å²) in [6.45, 7) is 0.842. The molecule has 0 unspecified atom stereocenters. The first kappa shape index (κ1) is 24.5. The number of rotatable bonds is 7. The minimum Gasteiger partial charge on any atom is -0.504 e. The second kappa shape index (κ2) is 10.2. The van der Waals surface area contributed by atoms with E-state index in [1.807, 2.05) is 0 Å². The van der Waals surface area contributed by atoms with Gasteiger partial charge in [-0.25, -0.2) is 13.2 Å². The van der Waals surface area contributed by atoms with Crippen molar-refractivity contribution in [3.8, 4) is 11.5 Å². The molecule has 1 aliphatic carbocycles. The molecule has 3 rings (SSSR count). The number of nitrogens with one attached hydrogen (secondary N) is 1. The number of phenolic OH excluding ortho intramolecular Hbond substituents is 2. The van der Waals surface area contributed by atoms with Gasteiger partial charge in [-0.05, 0) is 43.5 Å². The molecule has 2 aromatic carbocycles. The van der Waals surface area contributed by atoms with Crippen LogP contribution in [0.1, 0.15) is 48.0 Å². The lowest BCUT2D eigenvalue weighted by Crippen LogP contribution is -2.38. The molecular weight excluding hydrogens is 448 g/mol.